The first-order valence-electron chi connectivity index (χ1n) is 7.28. The van der Waals surface area contributed by atoms with E-state index in [0.717, 1.165) is 0 Å². The molecule has 3 aromatic rings. The number of aromatic nitrogens is 4. The Morgan fingerprint density at radius 2 is 2.21 bits per heavy atom. The lowest BCUT2D eigenvalue weighted by atomic mass is 10.3. The van der Waals surface area contributed by atoms with Crippen LogP contribution in [0.2, 0.25) is 0 Å². The molecule has 0 atom stereocenters. The smallest absolute Gasteiger partial charge is 0.254 e. The van der Waals surface area contributed by atoms with Crippen molar-refractivity contribution in [2.45, 2.75) is 20.0 Å². The third kappa shape index (κ3) is 2.91. The number of primary amides is 1. The predicted octanol–water partition coefficient (Wildman–Crippen LogP) is 1.34. The summed E-state index contributed by atoms with van der Waals surface area (Å²) in [5.41, 5.74) is 12.4. The summed E-state index contributed by atoms with van der Waals surface area (Å²) in [6, 6.07) is 5.17. The highest BCUT2D eigenvalue weighted by Gasteiger charge is 2.15. The van der Waals surface area contributed by atoms with Crippen LogP contribution in [0, 0.1) is 0 Å². The number of nitrogens with two attached hydrogens (primary N) is 2. The topological polar surface area (TPSA) is 133 Å². The van der Waals surface area contributed by atoms with E-state index in [1.807, 2.05) is 13.8 Å². The Labute approximate surface area is 137 Å². The normalized spacial score (nSPS) is 11.0. The number of nitrogens with zero attached hydrogens (tertiary/aromatic N) is 4. The average molecular weight is 327 g/mol. The molecule has 9 nitrogen and oxygen atoms in total. The number of nitrogens with one attached hydrogen (secondary N) is 1. The number of carbonyl (C=O) groups excluding carboxylic acids is 1. The minimum absolute atomic E-state index is 0.0303. The summed E-state index contributed by atoms with van der Waals surface area (Å²) in [7, 11) is 0. The van der Waals surface area contributed by atoms with Crippen LogP contribution in [-0.2, 0) is 0 Å². The van der Waals surface area contributed by atoms with E-state index in [4.69, 9.17) is 16.2 Å². The van der Waals surface area contributed by atoms with Crippen LogP contribution < -0.4 is 21.5 Å². The van der Waals surface area contributed by atoms with Gasteiger partial charge in [0.25, 0.3) is 5.91 Å². The van der Waals surface area contributed by atoms with Gasteiger partial charge in [-0.15, -0.1) is 0 Å². The Balaban J connectivity index is 2.02. The summed E-state index contributed by atoms with van der Waals surface area (Å²) in [6.45, 7) is 3.82. The number of hydrogen-bond acceptors (Lipinski definition) is 7. The Morgan fingerprint density at radius 3 is 2.92 bits per heavy atom. The van der Waals surface area contributed by atoms with Gasteiger partial charge in [-0.1, -0.05) is 0 Å². The number of hydrogen-bond donors (Lipinski definition) is 3. The number of carbonyl (C=O) groups is 1. The lowest BCUT2D eigenvalue weighted by Crippen LogP contribution is -2.12. The first-order chi connectivity index (χ1) is 11.5. The quantitative estimate of drug-likeness (QED) is 0.643. The lowest BCUT2D eigenvalue weighted by molar-refractivity contribution is 0.100. The van der Waals surface area contributed by atoms with Gasteiger partial charge in [-0.2, -0.15) is 9.61 Å². The molecule has 1 amide bonds. The molecule has 0 radical (unpaired) electrons. The highest BCUT2D eigenvalue weighted by atomic mass is 16.5. The van der Waals surface area contributed by atoms with Crippen molar-refractivity contribution in [2.75, 3.05) is 11.1 Å². The maximum absolute atomic E-state index is 11.5. The molecule has 0 aromatic carbocycles. The molecule has 0 aliphatic carbocycles. The number of nitrogen functional groups attached to an aromatic ring is 1. The van der Waals surface area contributed by atoms with Gasteiger partial charge in [0.1, 0.15) is 22.9 Å². The molecule has 3 aromatic heterocycles. The standard InChI is InChI=1S/C15H17N7O2/c1-8(2)24-15-10(4-3-5-18-15)20-12-6-11(16)22-14(21-12)9(7-19-22)13(17)23/h3-8H,16H2,1-2H3,(H2,17,23)(H,20,21). The third-order valence-electron chi connectivity index (χ3n) is 3.15. The summed E-state index contributed by atoms with van der Waals surface area (Å²) in [5, 5.41) is 7.10. The van der Waals surface area contributed by atoms with Gasteiger partial charge >= 0.3 is 0 Å². The molecule has 9 heteroatoms. The van der Waals surface area contributed by atoms with Crippen LogP contribution in [0.1, 0.15) is 24.2 Å². The number of anilines is 3. The van der Waals surface area contributed by atoms with Crippen molar-refractivity contribution >= 4 is 28.9 Å². The predicted molar refractivity (Wildman–Crippen MR) is 89.2 cm³/mol. The van der Waals surface area contributed by atoms with E-state index in [9.17, 15) is 4.79 Å². The van der Waals surface area contributed by atoms with Gasteiger partial charge in [0.15, 0.2) is 5.65 Å². The molecule has 0 aliphatic rings. The second-order valence-corrected chi connectivity index (χ2v) is 5.37. The van der Waals surface area contributed by atoms with Gasteiger partial charge in [0, 0.05) is 12.3 Å². The number of fused-ring (bicyclic) bond motifs is 1. The first-order valence-corrected chi connectivity index (χ1v) is 7.28. The van der Waals surface area contributed by atoms with Gasteiger partial charge in [-0.05, 0) is 26.0 Å². The molecule has 0 fully saturated rings. The summed E-state index contributed by atoms with van der Waals surface area (Å²) >= 11 is 0. The van der Waals surface area contributed by atoms with Gasteiger partial charge in [-0.25, -0.2) is 9.97 Å². The van der Waals surface area contributed by atoms with E-state index in [0.29, 0.717) is 23.2 Å². The molecule has 0 bridgehead atoms. The molecule has 0 saturated heterocycles. The second kappa shape index (κ2) is 6.03. The molecule has 0 saturated carbocycles. The average Bonchev–Trinajstić information content (AvgIpc) is 2.93. The minimum atomic E-state index is -0.626. The second-order valence-electron chi connectivity index (χ2n) is 5.37. The monoisotopic (exact) mass is 327 g/mol. The van der Waals surface area contributed by atoms with Crippen molar-refractivity contribution in [3.63, 3.8) is 0 Å². The van der Waals surface area contributed by atoms with Crippen molar-refractivity contribution in [1.29, 1.82) is 0 Å². The number of rotatable bonds is 5. The SMILES string of the molecule is CC(C)Oc1ncccc1Nc1cc(N)n2ncc(C(N)=O)c2n1. The third-order valence-corrected chi connectivity index (χ3v) is 3.15. The van der Waals surface area contributed by atoms with Crippen LogP contribution in [0.3, 0.4) is 0 Å². The van der Waals surface area contributed by atoms with E-state index in [-0.39, 0.29) is 17.3 Å². The minimum Gasteiger partial charge on any atom is -0.473 e. The molecule has 3 rings (SSSR count). The summed E-state index contributed by atoms with van der Waals surface area (Å²) in [4.78, 5) is 20.0. The van der Waals surface area contributed by atoms with Crippen molar-refractivity contribution in [2.24, 2.45) is 5.73 Å². The van der Waals surface area contributed by atoms with Gasteiger partial charge in [-0.3, -0.25) is 4.79 Å². The van der Waals surface area contributed by atoms with E-state index >= 15 is 0 Å². The lowest BCUT2D eigenvalue weighted by Gasteiger charge is -2.14. The molecular weight excluding hydrogens is 310 g/mol. The maximum atomic E-state index is 11.5. The van der Waals surface area contributed by atoms with E-state index in [1.165, 1.54) is 10.7 Å². The van der Waals surface area contributed by atoms with Crippen molar-refractivity contribution in [3.8, 4) is 5.88 Å². The number of amides is 1. The zero-order valence-corrected chi connectivity index (χ0v) is 13.2. The molecule has 3 heterocycles. The van der Waals surface area contributed by atoms with Crippen LogP contribution in [0.5, 0.6) is 5.88 Å². The Morgan fingerprint density at radius 1 is 1.42 bits per heavy atom. The van der Waals surface area contributed by atoms with E-state index in [2.05, 4.69) is 20.4 Å². The molecule has 124 valence electrons. The fourth-order valence-corrected chi connectivity index (χ4v) is 2.17. The number of pyridine rings is 1. The zero-order chi connectivity index (χ0) is 17.3. The Bertz CT molecular complexity index is 904. The summed E-state index contributed by atoms with van der Waals surface area (Å²) < 4.78 is 7.01. The van der Waals surface area contributed by atoms with Crippen molar-refractivity contribution < 1.29 is 9.53 Å². The highest BCUT2D eigenvalue weighted by Crippen LogP contribution is 2.26. The fraction of sp³-hybridized carbons (Fsp3) is 0.200. The van der Waals surface area contributed by atoms with Crippen LogP contribution in [0.15, 0.2) is 30.6 Å². The molecule has 5 N–H and O–H groups in total. The van der Waals surface area contributed by atoms with Crippen LogP contribution in [0.4, 0.5) is 17.3 Å². The molecular formula is C15H17N7O2. The summed E-state index contributed by atoms with van der Waals surface area (Å²) in [5.74, 6) is 0.547. The molecule has 24 heavy (non-hydrogen) atoms. The van der Waals surface area contributed by atoms with Gasteiger partial charge in [0.2, 0.25) is 5.88 Å². The van der Waals surface area contributed by atoms with Crippen molar-refractivity contribution in [3.05, 3.63) is 36.2 Å². The fourth-order valence-electron chi connectivity index (χ4n) is 2.17. The highest BCUT2D eigenvalue weighted by molar-refractivity contribution is 5.98. The van der Waals surface area contributed by atoms with Crippen LogP contribution in [0.25, 0.3) is 5.65 Å². The first kappa shape index (κ1) is 15.5. The van der Waals surface area contributed by atoms with Crippen LogP contribution in [-0.4, -0.2) is 31.6 Å². The maximum Gasteiger partial charge on any atom is 0.254 e. The zero-order valence-electron chi connectivity index (χ0n) is 13.2. The van der Waals surface area contributed by atoms with Gasteiger partial charge < -0.3 is 21.5 Å². The molecule has 0 aliphatic heterocycles. The van der Waals surface area contributed by atoms with Gasteiger partial charge in [0.05, 0.1) is 12.3 Å². The van der Waals surface area contributed by atoms with Crippen LogP contribution >= 0.6 is 0 Å². The van der Waals surface area contributed by atoms with E-state index < -0.39 is 5.91 Å². The summed E-state index contributed by atoms with van der Waals surface area (Å²) in [6.07, 6.45) is 2.94. The molecule has 0 spiro atoms. The van der Waals surface area contributed by atoms with Crippen molar-refractivity contribution in [1.82, 2.24) is 19.6 Å². The van der Waals surface area contributed by atoms with E-state index in [1.54, 1.807) is 24.4 Å². The largest absolute Gasteiger partial charge is 0.473 e. The molecule has 0 unspecified atom stereocenters. The Kier molecular flexibility index (Phi) is 3.90. The number of ether oxygens (including phenoxy) is 1. The Hall–Kier alpha value is -3.36.